The molecular weight excluding hydrogens is 404 g/mol. The Morgan fingerprint density at radius 1 is 1.17 bits per heavy atom. The number of ketones is 2. The van der Waals surface area contributed by atoms with E-state index in [2.05, 4.69) is 6.92 Å². The quantitative estimate of drug-likeness (QED) is 0.607. The number of allylic oxidation sites excluding steroid dienone is 1. The maximum absolute atomic E-state index is 13.0. The number of carboxylic acid groups (broad SMARTS) is 1. The molecule has 3 N–H and O–H groups in total. The molecule has 0 aromatic heterocycles. The maximum atomic E-state index is 13.0. The fourth-order valence-corrected chi connectivity index (χ4v) is 8.20. The summed E-state index contributed by atoms with van der Waals surface area (Å²) < 4.78 is 0. The summed E-state index contributed by atoms with van der Waals surface area (Å²) in [7, 11) is 0. The van der Waals surface area contributed by atoms with Gasteiger partial charge in [-0.25, -0.2) is 0 Å². The molecular formula is C23H32O6S. The van der Waals surface area contributed by atoms with Crippen LogP contribution < -0.4 is 0 Å². The van der Waals surface area contributed by atoms with E-state index in [4.69, 9.17) is 5.11 Å². The van der Waals surface area contributed by atoms with Crippen LogP contribution in [-0.2, 0) is 14.4 Å². The van der Waals surface area contributed by atoms with Crippen molar-refractivity contribution in [2.75, 3.05) is 11.5 Å². The topological polar surface area (TPSA) is 112 Å². The summed E-state index contributed by atoms with van der Waals surface area (Å²) in [6, 6.07) is 0. The van der Waals surface area contributed by atoms with Crippen molar-refractivity contribution >= 4 is 29.3 Å². The molecule has 0 heterocycles. The number of carbonyl (C=O) groups excluding carboxylic acids is 2. The fraction of sp³-hybridized carbons (Fsp3) is 0.783. The van der Waals surface area contributed by atoms with Gasteiger partial charge in [-0.3, -0.25) is 14.4 Å². The molecule has 0 spiro atoms. The van der Waals surface area contributed by atoms with E-state index in [0.717, 1.165) is 43.0 Å². The Labute approximate surface area is 181 Å². The molecule has 0 aliphatic heterocycles. The molecule has 0 radical (unpaired) electrons. The molecule has 0 aromatic rings. The lowest BCUT2D eigenvalue weighted by Crippen LogP contribution is -2.62. The lowest BCUT2D eigenvalue weighted by Gasteiger charge is -2.60. The van der Waals surface area contributed by atoms with Crippen LogP contribution in [0.3, 0.4) is 0 Å². The molecule has 6 nitrogen and oxygen atoms in total. The first-order chi connectivity index (χ1) is 14.0. The Morgan fingerprint density at radius 2 is 1.90 bits per heavy atom. The van der Waals surface area contributed by atoms with Crippen molar-refractivity contribution in [1.82, 2.24) is 0 Å². The number of aliphatic carboxylic acids is 1. The average Bonchev–Trinajstić information content (AvgIpc) is 2.93. The molecule has 0 unspecified atom stereocenters. The molecule has 30 heavy (non-hydrogen) atoms. The summed E-state index contributed by atoms with van der Waals surface area (Å²) in [6.07, 6.45) is 5.62. The number of thioether (sulfide) groups is 1. The third-order valence-electron chi connectivity index (χ3n) is 8.97. The summed E-state index contributed by atoms with van der Waals surface area (Å²) in [5.74, 6) is -0.906. The molecule has 166 valence electrons. The number of carbonyl (C=O) groups is 3. The molecule has 3 fully saturated rings. The van der Waals surface area contributed by atoms with Crippen molar-refractivity contribution in [3.63, 3.8) is 0 Å². The normalized spacial score (nSPS) is 45.2. The van der Waals surface area contributed by atoms with Gasteiger partial charge in [0.2, 0.25) is 0 Å². The fourth-order valence-electron chi connectivity index (χ4n) is 7.50. The molecule has 0 bridgehead atoms. The van der Waals surface area contributed by atoms with Gasteiger partial charge in [0.15, 0.2) is 11.6 Å². The summed E-state index contributed by atoms with van der Waals surface area (Å²) in [5.41, 5.74) is -1.26. The van der Waals surface area contributed by atoms with Crippen molar-refractivity contribution < 1.29 is 29.7 Å². The Kier molecular flexibility index (Phi) is 5.47. The van der Waals surface area contributed by atoms with Gasteiger partial charge in [0, 0.05) is 11.8 Å². The number of aliphatic hydroxyl groups is 2. The number of aliphatic hydroxyl groups excluding tert-OH is 1. The van der Waals surface area contributed by atoms with Crippen molar-refractivity contribution in [3.05, 3.63) is 11.6 Å². The first-order valence-corrected chi connectivity index (χ1v) is 12.2. The summed E-state index contributed by atoms with van der Waals surface area (Å²) in [6.45, 7) is 4.13. The van der Waals surface area contributed by atoms with Crippen molar-refractivity contribution in [3.8, 4) is 0 Å². The number of carboxylic acids is 1. The Bertz CT molecular complexity index is 808. The van der Waals surface area contributed by atoms with Gasteiger partial charge >= 0.3 is 5.97 Å². The minimum absolute atomic E-state index is 0.0258. The molecule has 7 heteroatoms. The predicted octanol–water partition coefficient (Wildman–Crippen LogP) is 2.61. The zero-order valence-corrected chi connectivity index (χ0v) is 18.5. The maximum Gasteiger partial charge on any atom is 0.313 e. The highest BCUT2D eigenvalue weighted by atomic mass is 32.2. The zero-order valence-electron chi connectivity index (χ0n) is 17.7. The standard InChI is InChI=1S/C23H32O6S/c1-21-7-5-14(24)9-13(21)3-4-15-16-6-8-23(29,18(26)11-30-12-19(27)28)22(16,2)10-17(25)20(15)21/h9,15-17,20,25,29H,3-8,10-12H2,1-2H3,(H,27,28)/t15-,16+,17-,20+,21-,22-,23-/m0/s1. The van der Waals surface area contributed by atoms with Crippen molar-refractivity contribution in [2.24, 2.45) is 28.6 Å². The minimum Gasteiger partial charge on any atom is -0.481 e. The van der Waals surface area contributed by atoms with Crippen LogP contribution in [0.1, 0.15) is 58.8 Å². The summed E-state index contributed by atoms with van der Waals surface area (Å²) >= 11 is 1.02. The van der Waals surface area contributed by atoms with E-state index in [1.165, 1.54) is 0 Å². The molecule has 4 aliphatic carbocycles. The van der Waals surface area contributed by atoms with Gasteiger partial charge < -0.3 is 15.3 Å². The molecule has 0 amide bonds. The van der Waals surface area contributed by atoms with Gasteiger partial charge in [-0.05, 0) is 67.8 Å². The second-order valence-electron chi connectivity index (χ2n) is 10.3. The predicted molar refractivity (Wildman–Crippen MR) is 113 cm³/mol. The van der Waals surface area contributed by atoms with Crippen LogP contribution in [0.4, 0.5) is 0 Å². The second-order valence-corrected chi connectivity index (χ2v) is 11.3. The average molecular weight is 437 g/mol. The van der Waals surface area contributed by atoms with Gasteiger partial charge in [-0.2, -0.15) is 0 Å². The lowest BCUT2D eigenvalue weighted by molar-refractivity contribution is -0.178. The van der Waals surface area contributed by atoms with E-state index in [-0.39, 0.29) is 46.2 Å². The number of hydrogen-bond donors (Lipinski definition) is 3. The minimum atomic E-state index is -1.52. The highest BCUT2D eigenvalue weighted by Crippen LogP contribution is 2.67. The monoisotopic (exact) mass is 436 g/mol. The molecule has 4 rings (SSSR count). The largest absolute Gasteiger partial charge is 0.481 e. The number of fused-ring (bicyclic) bond motifs is 5. The highest BCUT2D eigenvalue weighted by Gasteiger charge is 2.68. The van der Waals surface area contributed by atoms with Crippen LogP contribution in [0.15, 0.2) is 11.6 Å². The van der Waals surface area contributed by atoms with Crippen LogP contribution >= 0.6 is 11.8 Å². The molecule has 4 aliphatic rings. The van der Waals surface area contributed by atoms with E-state index in [1.807, 2.05) is 6.92 Å². The third-order valence-corrected chi connectivity index (χ3v) is 9.89. The van der Waals surface area contributed by atoms with Crippen LogP contribution in [0.25, 0.3) is 0 Å². The first kappa shape index (κ1) is 22.0. The molecule has 3 saturated carbocycles. The van der Waals surface area contributed by atoms with E-state index >= 15 is 0 Å². The smallest absolute Gasteiger partial charge is 0.313 e. The van der Waals surface area contributed by atoms with Gasteiger partial charge in [0.25, 0.3) is 0 Å². The number of Topliss-reactive ketones (excluding diaryl/α,β-unsaturated/α-hetero) is 1. The Hall–Kier alpha value is -1.18. The first-order valence-electron chi connectivity index (χ1n) is 11.0. The van der Waals surface area contributed by atoms with Gasteiger partial charge in [0.1, 0.15) is 5.60 Å². The van der Waals surface area contributed by atoms with E-state index < -0.39 is 23.1 Å². The van der Waals surface area contributed by atoms with Crippen LogP contribution in [0.5, 0.6) is 0 Å². The zero-order chi connectivity index (χ0) is 21.9. The van der Waals surface area contributed by atoms with E-state index in [1.54, 1.807) is 6.08 Å². The highest BCUT2D eigenvalue weighted by molar-refractivity contribution is 8.00. The second kappa shape index (κ2) is 7.45. The van der Waals surface area contributed by atoms with Crippen LogP contribution in [0.2, 0.25) is 0 Å². The Balaban J connectivity index is 1.61. The van der Waals surface area contributed by atoms with Crippen LogP contribution in [0, 0.1) is 28.6 Å². The van der Waals surface area contributed by atoms with E-state index in [0.29, 0.717) is 19.3 Å². The SMILES string of the molecule is C[C@]12CCC(=O)C=C1CC[C@@H]1[C@@H]2[C@@H](O)C[C@@]2(C)[C@@H]1CC[C@]2(O)C(=O)CSCC(=O)O. The summed E-state index contributed by atoms with van der Waals surface area (Å²) in [4.78, 5) is 35.8. The number of rotatable bonds is 5. The van der Waals surface area contributed by atoms with Gasteiger partial charge in [0.05, 0.1) is 17.6 Å². The summed E-state index contributed by atoms with van der Waals surface area (Å²) in [5, 5.41) is 31.7. The Morgan fingerprint density at radius 3 is 2.60 bits per heavy atom. The number of hydrogen-bond acceptors (Lipinski definition) is 6. The third kappa shape index (κ3) is 3.11. The van der Waals surface area contributed by atoms with E-state index in [9.17, 15) is 24.6 Å². The van der Waals surface area contributed by atoms with Gasteiger partial charge in [-0.15, -0.1) is 11.8 Å². The molecule has 0 saturated heterocycles. The molecule has 7 atom stereocenters. The molecule has 0 aromatic carbocycles. The van der Waals surface area contributed by atoms with Crippen LogP contribution in [-0.4, -0.2) is 56.1 Å². The lowest BCUT2D eigenvalue weighted by atomic mass is 9.45. The van der Waals surface area contributed by atoms with Gasteiger partial charge in [-0.1, -0.05) is 19.4 Å². The van der Waals surface area contributed by atoms with Crippen molar-refractivity contribution in [2.45, 2.75) is 70.5 Å². The van der Waals surface area contributed by atoms with Crippen molar-refractivity contribution in [1.29, 1.82) is 0 Å².